The molecular weight excluding hydrogens is 244 g/mol. The Morgan fingerprint density at radius 3 is 3.17 bits per heavy atom. The number of hydrogen-bond donors (Lipinski definition) is 1. The van der Waals surface area contributed by atoms with E-state index < -0.39 is 0 Å². The molecule has 18 heavy (non-hydrogen) atoms. The van der Waals surface area contributed by atoms with E-state index in [4.69, 9.17) is 4.74 Å². The summed E-state index contributed by atoms with van der Waals surface area (Å²) in [6, 6.07) is 8.89. The minimum atomic E-state index is 0.271. The molecule has 0 saturated carbocycles. The summed E-state index contributed by atoms with van der Waals surface area (Å²) in [6.45, 7) is 2.94. The van der Waals surface area contributed by atoms with E-state index in [0.717, 1.165) is 24.5 Å². The predicted octanol–water partition coefficient (Wildman–Crippen LogP) is 3.32. The van der Waals surface area contributed by atoms with E-state index in [1.165, 1.54) is 5.56 Å². The maximum Gasteiger partial charge on any atom is 0.124 e. The maximum atomic E-state index is 5.67. The lowest BCUT2D eigenvalue weighted by molar-refractivity contribution is 0.245. The van der Waals surface area contributed by atoms with Crippen molar-refractivity contribution in [3.63, 3.8) is 0 Å². The molecule has 1 aromatic carbocycles. The summed E-state index contributed by atoms with van der Waals surface area (Å²) in [4.78, 5) is 4.36. The first kappa shape index (κ1) is 11.7. The zero-order chi connectivity index (χ0) is 12.4. The van der Waals surface area contributed by atoms with Crippen LogP contribution in [-0.4, -0.2) is 11.6 Å². The summed E-state index contributed by atoms with van der Waals surface area (Å²) in [7, 11) is 0. The molecule has 0 fully saturated rings. The van der Waals surface area contributed by atoms with Crippen LogP contribution < -0.4 is 10.1 Å². The van der Waals surface area contributed by atoms with Crippen LogP contribution in [0.25, 0.3) is 0 Å². The molecule has 2 unspecified atom stereocenters. The molecule has 1 N–H and O–H groups in total. The predicted molar refractivity (Wildman–Crippen MR) is 73.0 cm³/mol. The van der Waals surface area contributed by atoms with Crippen molar-refractivity contribution in [3.05, 3.63) is 46.4 Å². The van der Waals surface area contributed by atoms with Gasteiger partial charge in [-0.2, -0.15) is 0 Å². The Labute approximate surface area is 111 Å². The van der Waals surface area contributed by atoms with Gasteiger partial charge in [-0.25, -0.2) is 4.98 Å². The number of ether oxygens (including phenoxy) is 1. The van der Waals surface area contributed by atoms with Gasteiger partial charge in [0.1, 0.15) is 5.75 Å². The van der Waals surface area contributed by atoms with E-state index in [1.807, 2.05) is 17.6 Å². The van der Waals surface area contributed by atoms with Gasteiger partial charge < -0.3 is 10.1 Å². The van der Waals surface area contributed by atoms with E-state index in [0.29, 0.717) is 6.04 Å². The third-order valence-corrected chi connectivity index (χ3v) is 3.91. The standard InChI is InChI=1S/C14H16N2OS/c1-10(13-8-18-9-15-13)16-12-6-7-17-14-5-3-2-4-11(12)14/h2-5,8-10,12,16H,6-7H2,1H3. The molecule has 1 aromatic heterocycles. The lowest BCUT2D eigenvalue weighted by Gasteiger charge is -2.28. The second-order valence-electron chi connectivity index (χ2n) is 4.53. The van der Waals surface area contributed by atoms with Gasteiger partial charge in [0.2, 0.25) is 0 Å². The van der Waals surface area contributed by atoms with Crippen molar-refractivity contribution in [2.75, 3.05) is 6.61 Å². The number of fused-ring (bicyclic) bond motifs is 1. The second-order valence-corrected chi connectivity index (χ2v) is 5.25. The Morgan fingerprint density at radius 2 is 2.33 bits per heavy atom. The fraction of sp³-hybridized carbons (Fsp3) is 0.357. The smallest absolute Gasteiger partial charge is 0.124 e. The van der Waals surface area contributed by atoms with Gasteiger partial charge in [0.25, 0.3) is 0 Å². The van der Waals surface area contributed by atoms with Gasteiger partial charge in [-0.05, 0) is 13.0 Å². The number of nitrogens with one attached hydrogen (secondary N) is 1. The van der Waals surface area contributed by atoms with Crippen molar-refractivity contribution in [3.8, 4) is 5.75 Å². The highest BCUT2D eigenvalue weighted by atomic mass is 32.1. The third-order valence-electron chi connectivity index (χ3n) is 3.30. The summed E-state index contributed by atoms with van der Waals surface area (Å²) in [6.07, 6.45) is 1.01. The molecule has 2 atom stereocenters. The lowest BCUT2D eigenvalue weighted by Crippen LogP contribution is -2.29. The first-order chi connectivity index (χ1) is 8.84. The van der Waals surface area contributed by atoms with Crippen LogP contribution >= 0.6 is 11.3 Å². The molecule has 0 radical (unpaired) electrons. The second kappa shape index (κ2) is 5.08. The van der Waals surface area contributed by atoms with Crippen LogP contribution in [0.15, 0.2) is 35.2 Å². The number of nitrogens with zero attached hydrogens (tertiary/aromatic N) is 1. The summed E-state index contributed by atoms with van der Waals surface area (Å²) in [5, 5.41) is 5.74. The molecule has 2 heterocycles. The zero-order valence-electron chi connectivity index (χ0n) is 10.3. The van der Waals surface area contributed by atoms with Crippen LogP contribution in [0, 0.1) is 0 Å². The van der Waals surface area contributed by atoms with Crippen molar-refractivity contribution in [1.29, 1.82) is 0 Å². The highest BCUT2D eigenvalue weighted by Gasteiger charge is 2.22. The molecule has 1 aliphatic heterocycles. The highest BCUT2D eigenvalue weighted by Crippen LogP contribution is 2.33. The molecule has 0 aliphatic carbocycles. The van der Waals surface area contributed by atoms with E-state index in [2.05, 4.69) is 34.7 Å². The molecule has 4 heteroatoms. The normalized spacial score (nSPS) is 19.9. The van der Waals surface area contributed by atoms with E-state index >= 15 is 0 Å². The number of para-hydroxylation sites is 1. The Kier molecular flexibility index (Phi) is 3.30. The fourth-order valence-corrected chi connectivity index (χ4v) is 2.99. The minimum Gasteiger partial charge on any atom is -0.493 e. The fourth-order valence-electron chi connectivity index (χ4n) is 2.34. The van der Waals surface area contributed by atoms with Gasteiger partial charge in [0, 0.05) is 29.4 Å². The Balaban J connectivity index is 1.78. The number of hydrogen-bond acceptors (Lipinski definition) is 4. The topological polar surface area (TPSA) is 34.1 Å². The van der Waals surface area contributed by atoms with Gasteiger partial charge in [-0.1, -0.05) is 18.2 Å². The molecule has 0 saturated heterocycles. The first-order valence-corrected chi connectivity index (χ1v) is 7.15. The molecule has 0 amide bonds. The van der Waals surface area contributed by atoms with Gasteiger partial charge in [-0.15, -0.1) is 11.3 Å². The lowest BCUT2D eigenvalue weighted by atomic mass is 9.99. The van der Waals surface area contributed by atoms with Crippen LogP contribution in [0.1, 0.15) is 36.7 Å². The SMILES string of the molecule is CC(NC1CCOc2ccccc21)c1cscn1. The van der Waals surface area contributed by atoms with Gasteiger partial charge in [0.05, 0.1) is 17.8 Å². The Bertz CT molecular complexity index is 512. The monoisotopic (exact) mass is 260 g/mol. The molecule has 94 valence electrons. The minimum absolute atomic E-state index is 0.271. The highest BCUT2D eigenvalue weighted by molar-refractivity contribution is 7.07. The summed E-state index contributed by atoms with van der Waals surface area (Å²) in [5.74, 6) is 1.01. The summed E-state index contributed by atoms with van der Waals surface area (Å²) in [5.41, 5.74) is 4.25. The van der Waals surface area contributed by atoms with Crippen molar-refractivity contribution in [1.82, 2.24) is 10.3 Å². The number of rotatable bonds is 3. The average Bonchev–Trinajstić information content (AvgIpc) is 2.93. The zero-order valence-corrected chi connectivity index (χ0v) is 11.1. The quantitative estimate of drug-likeness (QED) is 0.919. The van der Waals surface area contributed by atoms with Crippen LogP contribution in [0.2, 0.25) is 0 Å². The van der Waals surface area contributed by atoms with Gasteiger partial charge >= 0.3 is 0 Å². The van der Waals surface area contributed by atoms with Crippen molar-refractivity contribution in [2.45, 2.75) is 25.4 Å². The van der Waals surface area contributed by atoms with Crippen LogP contribution in [0.4, 0.5) is 0 Å². The third kappa shape index (κ3) is 2.26. The molecule has 0 spiro atoms. The van der Waals surface area contributed by atoms with Crippen molar-refractivity contribution in [2.24, 2.45) is 0 Å². The van der Waals surface area contributed by atoms with E-state index in [9.17, 15) is 0 Å². The molecule has 1 aliphatic rings. The largest absolute Gasteiger partial charge is 0.493 e. The average molecular weight is 260 g/mol. The van der Waals surface area contributed by atoms with E-state index in [-0.39, 0.29) is 6.04 Å². The Morgan fingerprint density at radius 1 is 1.44 bits per heavy atom. The number of benzene rings is 1. The summed E-state index contributed by atoms with van der Waals surface area (Å²) < 4.78 is 5.67. The molecule has 0 bridgehead atoms. The van der Waals surface area contributed by atoms with Gasteiger partial charge in [0.15, 0.2) is 0 Å². The molecule has 3 nitrogen and oxygen atoms in total. The molecule has 3 rings (SSSR count). The summed E-state index contributed by atoms with van der Waals surface area (Å²) >= 11 is 1.64. The van der Waals surface area contributed by atoms with Crippen LogP contribution in [0.3, 0.4) is 0 Å². The number of thiazole rings is 1. The molecular formula is C14H16N2OS. The van der Waals surface area contributed by atoms with Crippen LogP contribution in [-0.2, 0) is 0 Å². The number of aromatic nitrogens is 1. The maximum absolute atomic E-state index is 5.67. The van der Waals surface area contributed by atoms with Gasteiger partial charge in [-0.3, -0.25) is 0 Å². The first-order valence-electron chi connectivity index (χ1n) is 6.20. The Hall–Kier alpha value is -1.39. The van der Waals surface area contributed by atoms with E-state index in [1.54, 1.807) is 11.3 Å². The van der Waals surface area contributed by atoms with Crippen LogP contribution in [0.5, 0.6) is 5.75 Å². The van der Waals surface area contributed by atoms with Crippen molar-refractivity contribution < 1.29 is 4.74 Å². The van der Waals surface area contributed by atoms with Crippen molar-refractivity contribution >= 4 is 11.3 Å². The molecule has 2 aromatic rings.